The van der Waals surface area contributed by atoms with Crippen molar-refractivity contribution in [2.75, 3.05) is 41.3 Å². The normalized spacial score (nSPS) is 12.9. The molecule has 3 aromatic carbocycles. The Bertz CT molecular complexity index is 1100. The van der Waals surface area contributed by atoms with E-state index in [4.69, 9.17) is 28.4 Å². The van der Waals surface area contributed by atoms with Gasteiger partial charge in [-0.05, 0) is 59.7 Å². The fourth-order valence-electron chi connectivity index (χ4n) is 3.93. The second kappa shape index (κ2) is 11.7. The van der Waals surface area contributed by atoms with Gasteiger partial charge in [-0.25, -0.2) is 0 Å². The molecule has 1 aliphatic heterocycles. The Labute approximate surface area is 205 Å². The molecule has 0 saturated carbocycles. The van der Waals surface area contributed by atoms with Crippen molar-refractivity contribution in [1.29, 1.82) is 0 Å². The van der Waals surface area contributed by atoms with E-state index < -0.39 is 6.10 Å². The molecule has 8 heteroatoms. The van der Waals surface area contributed by atoms with Crippen LogP contribution < -0.4 is 28.4 Å². The molecule has 35 heavy (non-hydrogen) atoms. The smallest absolute Gasteiger partial charge is 0.231 e. The van der Waals surface area contributed by atoms with Crippen LogP contribution in [0.25, 0.3) is 0 Å². The first-order valence-corrected chi connectivity index (χ1v) is 11.3. The number of ether oxygens (including phenoxy) is 6. The first kappa shape index (κ1) is 24.5. The summed E-state index contributed by atoms with van der Waals surface area (Å²) in [5.74, 6) is 4.24. The van der Waals surface area contributed by atoms with Crippen molar-refractivity contribution >= 4 is 0 Å². The number of methoxy groups -OCH3 is 3. The van der Waals surface area contributed by atoms with Gasteiger partial charge in [0, 0.05) is 19.6 Å². The second-order valence-corrected chi connectivity index (χ2v) is 8.19. The summed E-state index contributed by atoms with van der Waals surface area (Å²) in [6.45, 7) is 1.99. The van der Waals surface area contributed by atoms with Crippen LogP contribution in [-0.2, 0) is 13.1 Å². The number of aliphatic hydroxyl groups excluding tert-OH is 1. The molecule has 0 saturated heterocycles. The van der Waals surface area contributed by atoms with Gasteiger partial charge in [-0.1, -0.05) is 12.1 Å². The number of benzene rings is 3. The van der Waals surface area contributed by atoms with Crippen molar-refractivity contribution in [3.8, 4) is 34.5 Å². The number of hydrogen-bond donors (Lipinski definition) is 1. The minimum absolute atomic E-state index is 0.163. The Hall–Kier alpha value is -3.62. The summed E-state index contributed by atoms with van der Waals surface area (Å²) in [4.78, 5) is 2.15. The van der Waals surface area contributed by atoms with Crippen molar-refractivity contribution in [1.82, 2.24) is 4.90 Å². The minimum Gasteiger partial charge on any atom is -0.497 e. The molecule has 186 valence electrons. The van der Waals surface area contributed by atoms with Crippen molar-refractivity contribution in [2.24, 2.45) is 0 Å². The second-order valence-electron chi connectivity index (χ2n) is 8.19. The molecule has 0 fully saturated rings. The Morgan fingerprint density at radius 3 is 2.14 bits per heavy atom. The molecule has 1 heterocycles. The molecule has 0 bridgehead atoms. The monoisotopic (exact) mass is 481 g/mol. The zero-order valence-electron chi connectivity index (χ0n) is 20.2. The molecule has 4 rings (SSSR count). The predicted molar refractivity (Wildman–Crippen MR) is 131 cm³/mol. The fourth-order valence-corrected chi connectivity index (χ4v) is 3.93. The Kier molecular flexibility index (Phi) is 8.18. The zero-order valence-corrected chi connectivity index (χ0v) is 20.2. The predicted octanol–water partition coefficient (Wildman–Crippen LogP) is 3.88. The maximum Gasteiger partial charge on any atom is 0.231 e. The lowest BCUT2D eigenvalue weighted by atomic mass is 10.1. The summed E-state index contributed by atoms with van der Waals surface area (Å²) in [6, 6.07) is 19.0. The van der Waals surface area contributed by atoms with Crippen LogP contribution in [0, 0.1) is 0 Å². The van der Waals surface area contributed by atoms with E-state index in [1.807, 2.05) is 60.7 Å². The van der Waals surface area contributed by atoms with Crippen LogP contribution in [0.5, 0.6) is 34.5 Å². The van der Waals surface area contributed by atoms with Gasteiger partial charge in [0.1, 0.15) is 24.2 Å². The van der Waals surface area contributed by atoms with Crippen molar-refractivity contribution in [3.05, 3.63) is 71.8 Å². The molecule has 0 amide bonds. The SMILES string of the molecule is COc1ccc(OC[C@@H](O)CN(Cc2ccc(OC)c(OC)c2)Cc2ccc3c(c2)OCO3)cc1. The Morgan fingerprint density at radius 2 is 1.43 bits per heavy atom. The van der Waals surface area contributed by atoms with Gasteiger partial charge in [0.2, 0.25) is 6.79 Å². The van der Waals surface area contributed by atoms with E-state index in [1.54, 1.807) is 21.3 Å². The number of aliphatic hydroxyl groups is 1. The molecule has 8 nitrogen and oxygen atoms in total. The Balaban J connectivity index is 1.45. The topological polar surface area (TPSA) is 78.9 Å². The van der Waals surface area contributed by atoms with Crippen LogP contribution in [0.2, 0.25) is 0 Å². The lowest BCUT2D eigenvalue weighted by Crippen LogP contribution is -2.35. The van der Waals surface area contributed by atoms with Gasteiger partial charge in [-0.3, -0.25) is 4.90 Å². The van der Waals surface area contributed by atoms with Crippen LogP contribution in [0.3, 0.4) is 0 Å². The van der Waals surface area contributed by atoms with Gasteiger partial charge >= 0.3 is 0 Å². The van der Waals surface area contributed by atoms with Crippen LogP contribution in [0.15, 0.2) is 60.7 Å². The number of rotatable bonds is 12. The maximum absolute atomic E-state index is 10.8. The standard InChI is InChI=1S/C27H31NO7/c1-30-22-6-8-23(9-7-22)33-17-21(29)16-28(14-19-4-10-24(31-2)26(12-19)32-3)15-20-5-11-25-27(13-20)35-18-34-25/h4-13,21,29H,14-18H2,1-3H3/t21-/m0/s1. The highest BCUT2D eigenvalue weighted by molar-refractivity contribution is 5.45. The molecule has 0 unspecified atom stereocenters. The lowest BCUT2D eigenvalue weighted by molar-refractivity contribution is 0.0628. The molecule has 0 spiro atoms. The van der Waals surface area contributed by atoms with Gasteiger partial charge in [-0.2, -0.15) is 0 Å². The number of fused-ring (bicyclic) bond motifs is 1. The van der Waals surface area contributed by atoms with Crippen LogP contribution >= 0.6 is 0 Å². The molecular weight excluding hydrogens is 450 g/mol. The summed E-state index contributed by atoms with van der Waals surface area (Å²) in [5.41, 5.74) is 2.09. The Morgan fingerprint density at radius 1 is 0.771 bits per heavy atom. The highest BCUT2D eigenvalue weighted by Gasteiger charge is 2.18. The molecule has 0 aliphatic carbocycles. The maximum atomic E-state index is 10.8. The molecule has 1 aliphatic rings. The molecule has 0 aromatic heterocycles. The summed E-state index contributed by atoms with van der Waals surface area (Å²) >= 11 is 0. The van der Waals surface area contributed by atoms with E-state index in [1.165, 1.54) is 0 Å². The highest BCUT2D eigenvalue weighted by Crippen LogP contribution is 2.33. The number of hydrogen-bond acceptors (Lipinski definition) is 8. The average Bonchev–Trinajstić information content (AvgIpc) is 3.35. The van der Waals surface area contributed by atoms with Crippen LogP contribution in [0.1, 0.15) is 11.1 Å². The van der Waals surface area contributed by atoms with Gasteiger partial charge in [0.15, 0.2) is 23.0 Å². The molecular formula is C27H31NO7. The number of nitrogens with zero attached hydrogens (tertiary/aromatic N) is 1. The summed E-state index contributed by atoms with van der Waals surface area (Å²) in [5, 5.41) is 10.8. The molecule has 1 N–H and O–H groups in total. The summed E-state index contributed by atoms with van der Waals surface area (Å²) in [6.07, 6.45) is -0.703. The third-order valence-corrected chi connectivity index (χ3v) is 5.67. The molecule has 0 radical (unpaired) electrons. The van der Waals surface area contributed by atoms with E-state index in [9.17, 15) is 5.11 Å². The van der Waals surface area contributed by atoms with Crippen molar-refractivity contribution < 1.29 is 33.5 Å². The van der Waals surface area contributed by atoms with E-state index in [0.717, 1.165) is 28.4 Å². The average molecular weight is 482 g/mol. The largest absolute Gasteiger partial charge is 0.497 e. The fraction of sp³-hybridized carbons (Fsp3) is 0.333. The van der Waals surface area contributed by atoms with E-state index in [0.29, 0.717) is 36.9 Å². The summed E-state index contributed by atoms with van der Waals surface area (Å²) < 4.78 is 32.7. The third-order valence-electron chi connectivity index (χ3n) is 5.67. The van der Waals surface area contributed by atoms with Crippen LogP contribution in [0.4, 0.5) is 0 Å². The quantitative estimate of drug-likeness (QED) is 0.418. The van der Waals surface area contributed by atoms with E-state index >= 15 is 0 Å². The van der Waals surface area contributed by atoms with Crippen LogP contribution in [-0.4, -0.2) is 57.4 Å². The first-order chi connectivity index (χ1) is 17.1. The van der Waals surface area contributed by atoms with Crippen molar-refractivity contribution in [2.45, 2.75) is 19.2 Å². The lowest BCUT2D eigenvalue weighted by Gasteiger charge is -2.26. The zero-order chi connectivity index (χ0) is 24.6. The van der Waals surface area contributed by atoms with Gasteiger partial charge in [0.05, 0.1) is 21.3 Å². The van der Waals surface area contributed by atoms with Crippen molar-refractivity contribution in [3.63, 3.8) is 0 Å². The van der Waals surface area contributed by atoms with Gasteiger partial charge in [-0.15, -0.1) is 0 Å². The summed E-state index contributed by atoms with van der Waals surface area (Å²) in [7, 11) is 4.85. The first-order valence-electron chi connectivity index (χ1n) is 11.3. The van der Waals surface area contributed by atoms with Gasteiger partial charge in [0.25, 0.3) is 0 Å². The van der Waals surface area contributed by atoms with E-state index in [-0.39, 0.29) is 13.4 Å². The van der Waals surface area contributed by atoms with E-state index in [2.05, 4.69) is 4.90 Å². The third kappa shape index (κ3) is 6.49. The molecule has 1 atom stereocenters. The molecule has 3 aromatic rings. The minimum atomic E-state index is -0.703. The van der Waals surface area contributed by atoms with Gasteiger partial charge < -0.3 is 33.5 Å². The highest BCUT2D eigenvalue weighted by atomic mass is 16.7.